The number of carbonyl (C=O) groups is 1. The van der Waals surface area contributed by atoms with Gasteiger partial charge in [-0.2, -0.15) is 0 Å². The lowest BCUT2D eigenvalue weighted by atomic mass is 10.1. The number of hydrogen-bond acceptors (Lipinski definition) is 3. The van der Waals surface area contributed by atoms with Gasteiger partial charge in [-0.05, 0) is 37.5 Å². The van der Waals surface area contributed by atoms with E-state index in [0.717, 1.165) is 31.5 Å². The first kappa shape index (κ1) is 14.9. The molecule has 0 aliphatic carbocycles. The smallest absolute Gasteiger partial charge is 0.260 e. The second kappa shape index (κ2) is 7.29. The maximum absolute atomic E-state index is 12.1. The highest BCUT2D eigenvalue weighted by Crippen LogP contribution is 2.18. The first-order valence-corrected chi connectivity index (χ1v) is 7.43. The van der Waals surface area contributed by atoms with Crippen LogP contribution in [0.25, 0.3) is 0 Å². The number of nitrogens with zero attached hydrogens (tertiary/aromatic N) is 1. The molecule has 2 N–H and O–H groups in total. The van der Waals surface area contributed by atoms with Crippen LogP contribution in [0.3, 0.4) is 0 Å². The standard InChI is InChI=1S/C16H24N2O2/c1-13(17)14-7-6-8-15(11-14)20-12-16(19)18-9-4-2-3-5-10-18/h6-8,11,13H,2-5,9-10,12,17H2,1H3/t13-/m0/s1. The Morgan fingerprint density at radius 1 is 1.30 bits per heavy atom. The van der Waals surface area contributed by atoms with Crippen LogP contribution in [-0.2, 0) is 4.79 Å². The van der Waals surface area contributed by atoms with Crippen molar-refractivity contribution in [2.75, 3.05) is 19.7 Å². The molecule has 0 bridgehead atoms. The van der Waals surface area contributed by atoms with E-state index >= 15 is 0 Å². The predicted molar refractivity (Wildman–Crippen MR) is 79.6 cm³/mol. The lowest BCUT2D eigenvalue weighted by molar-refractivity contribution is -0.133. The van der Waals surface area contributed by atoms with Crippen molar-refractivity contribution in [3.8, 4) is 5.75 Å². The second-order valence-corrected chi connectivity index (χ2v) is 5.44. The number of nitrogens with two attached hydrogens (primary N) is 1. The van der Waals surface area contributed by atoms with E-state index in [4.69, 9.17) is 10.5 Å². The van der Waals surface area contributed by atoms with E-state index < -0.39 is 0 Å². The average molecular weight is 276 g/mol. The molecular formula is C16H24N2O2. The van der Waals surface area contributed by atoms with E-state index in [-0.39, 0.29) is 18.6 Å². The highest BCUT2D eigenvalue weighted by Gasteiger charge is 2.15. The highest BCUT2D eigenvalue weighted by atomic mass is 16.5. The number of likely N-dealkylation sites (tertiary alicyclic amines) is 1. The number of amides is 1. The summed E-state index contributed by atoms with van der Waals surface area (Å²) in [5.74, 6) is 0.793. The molecule has 1 saturated heterocycles. The topological polar surface area (TPSA) is 55.6 Å². The number of benzene rings is 1. The summed E-state index contributed by atoms with van der Waals surface area (Å²) < 4.78 is 5.61. The predicted octanol–water partition coefficient (Wildman–Crippen LogP) is 2.49. The van der Waals surface area contributed by atoms with Gasteiger partial charge in [0.1, 0.15) is 5.75 Å². The van der Waals surface area contributed by atoms with E-state index in [0.29, 0.717) is 5.75 Å². The third kappa shape index (κ3) is 4.23. The third-order valence-electron chi connectivity index (χ3n) is 3.70. The summed E-state index contributed by atoms with van der Waals surface area (Å²) in [7, 11) is 0. The summed E-state index contributed by atoms with van der Waals surface area (Å²) in [4.78, 5) is 14.0. The number of rotatable bonds is 4. The van der Waals surface area contributed by atoms with Crippen molar-refractivity contribution in [2.24, 2.45) is 5.73 Å². The molecule has 110 valence electrons. The van der Waals surface area contributed by atoms with Crippen LogP contribution in [-0.4, -0.2) is 30.5 Å². The maximum Gasteiger partial charge on any atom is 0.260 e. The molecule has 1 aromatic carbocycles. The summed E-state index contributed by atoms with van der Waals surface area (Å²) >= 11 is 0. The first-order valence-electron chi connectivity index (χ1n) is 7.43. The molecule has 1 aromatic rings. The van der Waals surface area contributed by atoms with Gasteiger partial charge in [-0.25, -0.2) is 0 Å². The minimum Gasteiger partial charge on any atom is -0.484 e. The van der Waals surface area contributed by atoms with Gasteiger partial charge in [-0.15, -0.1) is 0 Å². The molecule has 0 spiro atoms. The molecule has 0 saturated carbocycles. The zero-order valence-corrected chi connectivity index (χ0v) is 12.2. The molecule has 4 heteroatoms. The molecule has 1 aliphatic heterocycles. The zero-order chi connectivity index (χ0) is 14.4. The Bertz CT molecular complexity index is 438. The lowest BCUT2D eigenvalue weighted by Gasteiger charge is -2.20. The Hall–Kier alpha value is -1.55. The minimum atomic E-state index is -0.0279. The van der Waals surface area contributed by atoms with E-state index in [1.807, 2.05) is 36.1 Å². The van der Waals surface area contributed by atoms with Gasteiger partial charge in [0.05, 0.1) is 0 Å². The largest absolute Gasteiger partial charge is 0.484 e. The van der Waals surface area contributed by atoms with E-state index in [1.165, 1.54) is 12.8 Å². The Morgan fingerprint density at radius 3 is 2.65 bits per heavy atom. The van der Waals surface area contributed by atoms with Crippen LogP contribution in [0.5, 0.6) is 5.75 Å². The highest BCUT2D eigenvalue weighted by molar-refractivity contribution is 5.77. The molecule has 0 radical (unpaired) electrons. The summed E-state index contributed by atoms with van der Waals surface area (Å²) in [5, 5.41) is 0. The Balaban J connectivity index is 1.87. The van der Waals surface area contributed by atoms with E-state index in [2.05, 4.69) is 0 Å². The van der Waals surface area contributed by atoms with Crippen LogP contribution in [0, 0.1) is 0 Å². The van der Waals surface area contributed by atoms with E-state index in [9.17, 15) is 4.79 Å². The lowest BCUT2D eigenvalue weighted by Crippen LogP contribution is -2.35. The minimum absolute atomic E-state index is 0.0279. The van der Waals surface area contributed by atoms with Crippen molar-refractivity contribution in [1.82, 2.24) is 4.90 Å². The average Bonchev–Trinajstić information content (AvgIpc) is 2.74. The molecule has 1 fully saturated rings. The summed E-state index contributed by atoms with van der Waals surface area (Å²) in [5.41, 5.74) is 6.86. The van der Waals surface area contributed by atoms with Gasteiger partial charge >= 0.3 is 0 Å². The van der Waals surface area contributed by atoms with Crippen molar-refractivity contribution in [3.05, 3.63) is 29.8 Å². The molecular weight excluding hydrogens is 252 g/mol. The van der Waals surface area contributed by atoms with Crippen LogP contribution in [0.1, 0.15) is 44.2 Å². The number of hydrogen-bond donors (Lipinski definition) is 1. The number of carbonyl (C=O) groups excluding carboxylic acids is 1. The Labute approximate surface area is 120 Å². The molecule has 1 atom stereocenters. The SMILES string of the molecule is C[C@H](N)c1cccc(OCC(=O)N2CCCCCC2)c1. The first-order chi connectivity index (χ1) is 9.66. The molecule has 1 aliphatic rings. The zero-order valence-electron chi connectivity index (χ0n) is 12.2. The fourth-order valence-corrected chi connectivity index (χ4v) is 2.44. The maximum atomic E-state index is 12.1. The van der Waals surface area contributed by atoms with Crippen LogP contribution in [0.15, 0.2) is 24.3 Å². The Kier molecular flexibility index (Phi) is 5.41. The van der Waals surface area contributed by atoms with Gasteiger partial charge in [0.15, 0.2) is 6.61 Å². The molecule has 1 amide bonds. The number of ether oxygens (including phenoxy) is 1. The van der Waals surface area contributed by atoms with Crippen molar-refractivity contribution in [2.45, 2.75) is 38.6 Å². The molecule has 1 heterocycles. The summed E-state index contributed by atoms with van der Waals surface area (Å²) in [6, 6.07) is 7.61. The quantitative estimate of drug-likeness (QED) is 0.919. The van der Waals surface area contributed by atoms with Gasteiger partial charge in [0.2, 0.25) is 0 Å². The molecule has 0 aromatic heterocycles. The van der Waals surface area contributed by atoms with Gasteiger partial charge in [-0.3, -0.25) is 4.79 Å². The van der Waals surface area contributed by atoms with Gasteiger partial charge < -0.3 is 15.4 Å². The second-order valence-electron chi connectivity index (χ2n) is 5.44. The van der Waals surface area contributed by atoms with E-state index in [1.54, 1.807) is 0 Å². The normalized spacial score (nSPS) is 17.4. The fourth-order valence-electron chi connectivity index (χ4n) is 2.44. The van der Waals surface area contributed by atoms with Crippen LogP contribution < -0.4 is 10.5 Å². The van der Waals surface area contributed by atoms with Crippen LogP contribution in [0.4, 0.5) is 0 Å². The summed E-state index contributed by atoms with van der Waals surface area (Å²) in [6.07, 6.45) is 4.65. The molecule has 20 heavy (non-hydrogen) atoms. The van der Waals surface area contributed by atoms with Crippen molar-refractivity contribution < 1.29 is 9.53 Å². The fraction of sp³-hybridized carbons (Fsp3) is 0.562. The van der Waals surface area contributed by atoms with Gasteiger partial charge in [-0.1, -0.05) is 25.0 Å². The summed E-state index contributed by atoms with van der Waals surface area (Å²) in [6.45, 7) is 3.77. The van der Waals surface area contributed by atoms with Crippen LogP contribution in [0.2, 0.25) is 0 Å². The monoisotopic (exact) mass is 276 g/mol. The molecule has 2 rings (SSSR count). The van der Waals surface area contributed by atoms with Crippen molar-refractivity contribution in [1.29, 1.82) is 0 Å². The third-order valence-corrected chi connectivity index (χ3v) is 3.70. The van der Waals surface area contributed by atoms with Crippen LogP contribution >= 0.6 is 0 Å². The van der Waals surface area contributed by atoms with Gasteiger partial charge in [0.25, 0.3) is 5.91 Å². The van der Waals surface area contributed by atoms with Crippen molar-refractivity contribution >= 4 is 5.91 Å². The molecule has 4 nitrogen and oxygen atoms in total. The van der Waals surface area contributed by atoms with Gasteiger partial charge in [0, 0.05) is 19.1 Å². The Morgan fingerprint density at radius 2 is 2.00 bits per heavy atom. The molecule has 0 unspecified atom stereocenters. The van der Waals surface area contributed by atoms with Crippen molar-refractivity contribution in [3.63, 3.8) is 0 Å².